The van der Waals surface area contributed by atoms with Crippen LogP contribution in [0, 0.1) is 17.0 Å². The second-order valence-corrected chi connectivity index (χ2v) is 7.62. The van der Waals surface area contributed by atoms with Gasteiger partial charge in [0.2, 0.25) is 0 Å². The first kappa shape index (κ1) is 19.1. The van der Waals surface area contributed by atoms with E-state index in [9.17, 15) is 14.9 Å². The first-order chi connectivity index (χ1) is 14.0. The summed E-state index contributed by atoms with van der Waals surface area (Å²) in [6, 6.07) is 19.5. The lowest BCUT2D eigenvalue weighted by Gasteiger charge is -2.32. The van der Waals surface area contributed by atoms with Crippen LogP contribution >= 0.6 is 0 Å². The molecule has 0 saturated carbocycles. The zero-order chi connectivity index (χ0) is 20.4. The molecule has 1 N–H and O–H groups in total. The fourth-order valence-electron chi connectivity index (χ4n) is 4.09. The summed E-state index contributed by atoms with van der Waals surface area (Å²) in [4.78, 5) is 26.7. The number of benzene rings is 3. The van der Waals surface area contributed by atoms with Gasteiger partial charge in [-0.2, -0.15) is 0 Å². The van der Waals surface area contributed by atoms with Crippen LogP contribution in [0.4, 0.5) is 5.69 Å². The van der Waals surface area contributed by atoms with Crippen molar-refractivity contribution in [2.45, 2.75) is 13.5 Å². The molecule has 4 rings (SSSR count). The Morgan fingerprint density at radius 1 is 1.07 bits per heavy atom. The molecule has 3 aromatic rings. The molecule has 0 radical (unpaired) electrons. The number of nitrogens with zero attached hydrogens (tertiary/aromatic N) is 2. The number of aryl methyl sites for hydroxylation is 1. The van der Waals surface area contributed by atoms with Crippen molar-refractivity contribution in [2.24, 2.45) is 0 Å². The molecule has 0 bridgehead atoms. The number of hydrogen-bond acceptors (Lipinski definition) is 3. The molecular weight excluding hydrogens is 366 g/mol. The maximum Gasteiger partial charge on any atom is 0.272 e. The van der Waals surface area contributed by atoms with Gasteiger partial charge in [0, 0.05) is 22.8 Å². The van der Waals surface area contributed by atoms with Crippen molar-refractivity contribution < 1.29 is 14.6 Å². The van der Waals surface area contributed by atoms with Gasteiger partial charge in [-0.3, -0.25) is 14.9 Å². The highest BCUT2D eigenvalue weighted by Crippen LogP contribution is 2.20. The third-order valence-corrected chi connectivity index (χ3v) is 5.72. The van der Waals surface area contributed by atoms with Crippen LogP contribution in [0.25, 0.3) is 10.8 Å². The van der Waals surface area contributed by atoms with Gasteiger partial charge in [0.25, 0.3) is 11.6 Å². The number of nitro groups is 1. The molecule has 1 aliphatic rings. The minimum absolute atomic E-state index is 0.0471. The van der Waals surface area contributed by atoms with E-state index in [0.29, 0.717) is 24.2 Å². The van der Waals surface area contributed by atoms with Gasteiger partial charge in [-0.25, -0.2) is 0 Å². The highest BCUT2D eigenvalue weighted by Gasteiger charge is 2.25. The Hall–Kier alpha value is -3.25. The first-order valence-electron chi connectivity index (χ1n) is 9.87. The summed E-state index contributed by atoms with van der Waals surface area (Å²) in [5.74, 6) is -0.0489. The molecule has 0 atom stereocenters. The summed E-state index contributed by atoms with van der Waals surface area (Å²) in [7, 11) is 0. The number of piperazine rings is 1. The minimum atomic E-state index is -0.418. The Labute approximate surface area is 169 Å². The summed E-state index contributed by atoms with van der Waals surface area (Å²) < 4.78 is 0. The van der Waals surface area contributed by atoms with Gasteiger partial charge in [-0.05, 0) is 29.8 Å². The van der Waals surface area contributed by atoms with E-state index in [1.807, 2.05) is 4.90 Å². The van der Waals surface area contributed by atoms with Crippen molar-refractivity contribution in [3.63, 3.8) is 0 Å². The highest BCUT2D eigenvalue weighted by molar-refractivity contribution is 5.94. The second-order valence-electron chi connectivity index (χ2n) is 7.62. The second kappa shape index (κ2) is 8.01. The molecule has 0 spiro atoms. The number of quaternary nitrogens is 1. The molecule has 1 heterocycles. The Kier molecular flexibility index (Phi) is 5.27. The van der Waals surface area contributed by atoms with Gasteiger partial charge in [-0.1, -0.05) is 42.5 Å². The van der Waals surface area contributed by atoms with Crippen molar-refractivity contribution in [3.05, 3.63) is 87.5 Å². The minimum Gasteiger partial charge on any atom is -0.328 e. The van der Waals surface area contributed by atoms with E-state index in [0.717, 1.165) is 19.6 Å². The van der Waals surface area contributed by atoms with E-state index >= 15 is 0 Å². The SMILES string of the molecule is Cc1cc(C(=O)N2CC[NH+](Cc3cccc4ccccc34)CC2)ccc1[N+](=O)[O-]. The van der Waals surface area contributed by atoms with Crippen LogP contribution in [-0.4, -0.2) is 41.9 Å². The molecule has 6 nitrogen and oxygen atoms in total. The molecular formula is C23H24N3O3+. The summed E-state index contributed by atoms with van der Waals surface area (Å²) in [6.07, 6.45) is 0. The van der Waals surface area contributed by atoms with Gasteiger partial charge in [0.05, 0.1) is 31.1 Å². The van der Waals surface area contributed by atoms with Gasteiger partial charge >= 0.3 is 0 Å². The molecule has 1 saturated heterocycles. The van der Waals surface area contributed by atoms with Crippen molar-refractivity contribution >= 4 is 22.4 Å². The topological polar surface area (TPSA) is 67.9 Å². The quantitative estimate of drug-likeness (QED) is 0.550. The summed E-state index contributed by atoms with van der Waals surface area (Å²) >= 11 is 0. The Bertz CT molecular complexity index is 1070. The normalized spacial score (nSPS) is 14.9. The number of fused-ring (bicyclic) bond motifs is 1. The number of amides is 1. The lowest BCUT2D eigenvalue weighted by Crippen LogP contribution is -3.13. The molecule has 1 aliphatic heterocycles. The lowest BCUT2D eigenvalue weighted by atomic mass is 10.0. The van der Waals surface area contributed by atoms with Crippen molar-refractivity contribution in [1.82, 2.24) is 4.90 Å². The summed E-state index contributed by atoms with van der Waals surface area (Å²) in [6.45, 7) is 5.77. The molecule has 1 fully saturated rings. The number of hydrogen-bond donors (Lipinski definition) is 1. The zero-order valence-electron chi connectivity index (χ0n) is 16.4. The van der Waals surface area contributed by atoms with E-state index in [-0.39, 0.29) is 11.6 Å². The van der Waals surface area contributed by atoms with Crippen LogP contribution in [0.15, 0.2) is 60.7 Å². The Balaban J connectivity index is 1.41. The number of nitrogens with one attached hydrogen (secondary N) is 1. The van der Waals surface area contributed by atoms with Crippen LogP contribution in [0.2, 0.25) is 0 Å². The van der Waals surface area contributed by atoms with E-state index in [1.165, 1.54) is 27.3 Å². The van der Waals surface area contributed by atoms with Crippen molar-refractivity contribution in [1.29, 1.82) is 0 Å². The van der Waals surface area contributed by atoms with E-state index < -0.39 is 4.92 Å². The van der Waals surface area contributed by atoms with E-state index in [2.05, 4.69) is 42.5 Å². The number of nitro benzene ring substituents is 1. The molecule has 1 amide bonds. The number of rotatable bonds is 4. The fraction of sp³-hybridized carbons (Fsp3) is 0.261. The monoisotopic (exact) mass is 390 g/mol. The zero-order valence-corrected chi connectivity index (χ0v) is 16.4. The van der Waals surface area contributed by atoms with Crippen LogP contribution in [0.1, 0.15) is 21.5 Å². The third-order valence-electron chi connectivity index (χ3n) is 5.72. The maximum absolute atomic E-state index is 12.8. The molecule has 0 aliphatic carbocycles. The van der Waals surface area contributed by atoms with E-state index in [4.69, 9.17) is 0 Å². The standard InChI is InChI=1S/C23H23N3O3/c1-17-15-19(9-10-22(17)26(28)29)23(27)25-13-11-24(12-14-25)16-20-7-4-6-18-5-2-3-8-21(18)20/h2-10,15H,11-14,16H2,1H3/p+1. The summed E-state index contributed by atoms with van der Waals surface area (Å²) in [5.41, 5.74) is 2.42. The smallest absolute Gasteiger partial charge is 0.272 e. The predicted octanol–water partition coefficient (Wildman–Crippen LogP) is 2.60. The van der Waals surface area contributed by atoms with Gasteiger partial charge in [0.15, 0.2) is 0 Å². The number of carbonyl (C=O) groups is 1. The maximum atomic E-state index is 12.8. The molecule has 29 heavy (non-hydrogen) atoms. The van der Waals surface area contributed by atoms with Crippen LogP contribution in [0.5, 0.6) is 0 Å². The Morgan fingerprint density at radius 2 is 1.79 bits per heavy atom. The third kappa shape index (κ3) is 3.98. The molecule has 6 heteroatoms. The lowest BCUT2D eigenvalue weighted by molar-refractivity contribution is -0.917. The highest BCUT2D eigenvalue weighted by atomic mass is 16.6. The van der Waals surface area contributed by atoms with Gasteiger partial charge in [-0.15, -0.1) is 0 Å². The molecule has 3 aromatic carbocycles. The van der Waals surface area contributed by atoms with Crippen molar-refractivity contribution in [2.75, 3.05) is 26.2 Å². The molecule has 0 unspecified atom stereocenters. The van der Waals surface area contributed by atoms with Crippen LogP contribution in [-0.2, 0) is 6.54 Å². The van der Waals surface area contributed by atoms with Gasteiger partial charge in [0.1, 0.15) is 6.54 Å². The number of carbonyl (C=O) groups excluding carboxylic acids is 1. The largest absolute Gasteiger partial charge is 0.328 e. The summed E-state index contributed by atoms with van der Waals surface area (Å²) in [5, 5.41) is 13.5. The fourth-order valence-corrected chi connectivity index (χ4v) is 4.09. The van der Waals surface area contributed by atoms with Crippen molar-refractivity contribution in [3.8, 4) is 0 Å². The predicted molar refractivity (Wildman–Crippen MR) is 112 cm³/mol. The van der Waals surface area contributed by atoms with Crippen LogP contribution < -0.4 is 4.90 Å². The van der Waals surface area contributed by atoms with E-state index in [1.54, 1.807) is 19.1 Å². The Morgan fingerprint density at radius 3 is 2.52 bits per heavy atom. The average Bonchev–Trinajstić information content (AvgIpc) is 2.74. The molecule has 148 valence electrons. The van der Waals surface area contributed by atoms with Gasteiger partial charge < -0.3 is 9.80 Å². The first-order valence-corrected chi connectivity index (χ1v) is 9.87. The average molecular weight is 390 g/mol. The van der Waals surface area contributed by atoms with Crippen LogP contribution in [0.3, 0.4) is 0 Å². The molecule has 0 aromatic heterocycles.